The number of nitriles is 1. The molecule has 108 valence electrons. The molecule has 3 nitrogen and oxygen atoms in total. The van der Waals surface area contributed by atoms with Crippen molar-refractivity contribution < 1.29 is 0 Å². The van der Waals surface area contributed by atoms with Gasteiger partial charge in [-0.1, -0.05) is 18.6 Å². The van der Waals surface area contributed by atoms with E-state index in [4.69, 9.17) is 5.26 Å². The maximum absolute atomic E-state index is 8.96. The van der Waals surface area contributed by atoms with E-state index in [0.717, 1.165) is 12.1 Å². The molecule has 1 heterocycles. The molecule has 2 unspecified atom stereocenters. The second-order valence-corrected chi connectivity index (χ2v) is 5.81. The monoisotopic (exact) mass is 271 g/mol. The van der Waals surface area contributed by atoms with Gasteiger partial charge in [-0.3, -0.25) is 4.90 Å². The first-order valence-electron chi connectivity index (χ1n) is 7.68. The van der Waals surface area contributed by atoms with Crippen LogP contribution in [0.5, 0.6) is 0 Å². The van der Waals surface area contributed by atoms with E-state index in [1.165, 1.54) is 37.9 Å². The van der Waals surface area contributed by atoms with Crippen LogP contribution in [0.3, 0.4) is 0 Å². The summed E-state index contributed by atoms with van der Waals surface area (Å²) in [5.74, 6) is 0. The van der Waals surface area contributed by atoms with Crippen molar-refractivity contribution >= 4 is 0 Å². The highest BCUT2D eigenvalue weighted by Gasteiger charge is 2.17. The van der Waals surface area contributed by atoms with Crippen molar-refractivity contribution in [1.82, 2.24) is 10.2 Å². The molecule has 1 aromatic rings. The van der Waals surface area contributed by atoms with Crippen LogP contribution >= 0.6 is 0 Å². The third kappa shape index (κ3) is 4.06. The van der Waals surface area contributed by atoms with Crippen LogP contribution in [0.4, 0.5) is 0 Å². The Morgan fingerprint density at radius 1 is 1.25 bits per heavy atom. The number of nitrogens with one attached hydrogen (secondary N) is 1. The topological polar surface area (TPSA) is 39.1 Å². The van der Waals surface area contributed by atoms with Crippen LogP contribution < -0.4 is 5.32 Å². The van der Waals surface area contributed by atoms with Crippen molar-refractivity contribution in [3.8, 4) is 6.07 Å². The first-order valence-corrected chi connectivity index (χ1v) is 7.68. The van der Waals surface area contributed by atoms with Gasteiger partial charge in [0.25, 0.3) is 0 Å². The summed E-state index contributed by atoms with van der Waals surface area (Å²) in [7, 11) is 0. The smallest absolute Gasteiger partial charge is 0.0991 e. The summed E-state index contributed by atoms with van der Waals surface area (Å²) in [5.41, 5.74) is 1.93. The molecule has 1 aliphatic rings. The fourth-order valence-corrected chi connectivity index (χ4v) is 2.83. The van der Waals surface area contributed by atoms with Crippen LogP contribution in [-0.4, -0.2) is 30.6 Å². The van der Waals surface area contributed by atoms with E-state index in [0.29, 0.717) is 6.04 Å². The fraction of sp³-hybridized carbons (Fsp3) is 0.588. The van der Waals surface area contributed by atoms with Gasteiger partial charge in [-0.2, -0.15) is 5.26 Å². The minimum Gasteiger partial charge on any atom is -0.309 e. The van der Waals surface area contributed by atoms with Crippen LogP contribution in [-0.2, 0) is 0 Å². The van der Waals surface area contributed by atoms with Gasteiger partial charge in [0.05, 0.1) is 11.6 Å². The third-order valence-electron chi connectivity index (χ3n) is 4.25. The van der Waals surface area contributed by atoms with Crippen molar-refractivity contribution in [3.05, 3.63) is 35.4 Å². The zero-order valence-corrected chi connectivity index (χ0v) is 12.6. The average molecular weight is 271 g/mol. The largest absolute Gasteiger partial charge is 0.309 e. The molecule has 0 spiro atoms. The Balaban J connectivity index is 1.84. The Morgan fingerprint density at radius 3 is 2.70 bits per heavy atom. The number of likely N-dealkylation sites (tertiary alicyclic amines) is 1. The molecule has 2 rings (SSSR count). The molecule has 3 heteroatoms. The molecule has 0 aliphatic carbocycles. The van der Waals surface area contributed by atoms with Gasteiger partial charge in [-0.05, 0) is 57.5 Å². The van der Waals surface area contributed by atoms with Crippen LogP contribution in [0.15, 0.2) is 24.3 Å². The summed E-state index contributed by atoms with van der Waals surface area (Å²) in [6.45, 7) is 7.94. The van der Waals surface area contributed by atoms with Gasteiger partial charge in [0.2, 0.25) is 0 Å². The molecule has 20 heavy (non-hydrogen) atoms. The second-order valence-electron chi connectivity index (χ2n) is 5.81. The van der Waals surface area contributed by atoms with Crippen molar-refractivity contribution in [1.29, 1.82) is 5.26 Å². The molecule has 2 atom stereocenters. The number of nitrogens with zero attached hydrogens (tertiary/aromatic N) is 2. The quantitative estimate of drug-likeness (QED) is 0.894. The molecule has 1 aliphatic heterocycles. The van der Waals surface area contributed by atoms with Crippen molar-refractivity contribution in [2.24, 2.45) is 0 Å². The van der Waals surface area contributed by atoms with Gasteiger partial charge in [-0.25, -0.2) is 0 Å². The Bertz CT molecular complexity index is 458. The van der Waals surface area contributed by atoms with Crippen LogP contribution in [0.25, 0.3) is 0 Å². The lowest BCUT2D eigenvalue weighted by Gasteiger charge is -2.33. The van der Waals surface area contributed by atoms with Gasteiger partial charge < -0.3 is 5.32 Å². The molecule has 0 radical (unpaired) electrons. The summed E-state index contributed by atoms with van der Waals surface area (Å²) >= 11 is 0. The number of hydrogen-bond donors (Lipinski definition) is 1. The maximum atomic E-state index is 8.96. The molecule has 1 saturated heterocycles. The zero-order valence-electron chi connectivity index (χ0n) is 12.6. The standard InChI is InChI=1S/C17H25N3/c1-14(20-9-4-3-5-10-20)13-19-15(2)17-8-6-7-16(11-17)12-18/h6-8,11,14-15,19H,3-5,9-10,13H2,1-2H3. The predicted octanol–water partition coefficient (Wildman–Crippen LogP) is 3.08. The van der Waals surface area contributed by atoms with E-state index in [9.17, 15) is 0 Å². The number of benzene rings is 1. The van der Waals surface area contributed by atoms with Crippen LogP contribution in [0.1, 0.15) is 50.3 Å². The highest BCUT2D eigenvalue weighted by atomic mass is 15.2. The van der Waals surface area contributed by atoms with E-state index in [-0.39, 0.29) is 6.04 Å². The summed E-state index contributed by atoms with van der Waals surface area (Å²) in [5, 5.41) is 12.6. The normalized spacial score (nSPS) is 19.2. The lowest BCUT2D eigenvalue weighted by Crippen LogP contribution is -2.43. The Labute approximate surface area is 122 Å². The first-order chi connectivity index (χ1) is 9.70. The number of piperidine rings is 1. The lowest BCUT2D eigenvalue weighted by atomic mass is 10.0. The molecular formula is C17H25N3. The van der Waals surface area contributed by atoms with E-state index >= 15 is 0 Å². The predicted molar refractivity (Wildman–Crippen MR) is 82.5 cm³/mol. The van der Waals surface area contributed by atoms with Crippen LogP contribution in [0, 0.1) is 11.3 Å². The lowest BCUT2D eigenvalue weighted by molar-refractivity contribution is 0.168. The maximum Gasteiger partial charge on any atom is 0.0991 e. The molecule has 0 bridgehead atoms. The van der Waals surface area contributed by atoms with Crippen molar-refractivity contribution in [3.63, 3.8) is 0 Å². The second kappa shape index (κ2) is 7.42. The van der Waals surface area contributed by atoms with Crippen LogP contribution in [0.2, 0.25) is 0 Å². The molecule has 0 saturated carbocycles. The van der Waals surface area contributed by atoms with E-state index in [1.807, 2.05) is 18.2 Å². The zero-order chi connectivity index (χ0) is 14.4. The Morgan fingerprint density at radius 2 is 2.00 bits per heavy atom. The number of hydrogen-bond acceptors (Lipinski definition) is 3. The third-order valence-corrected chi connectivity index (χ3v) is 4.25. The molecule has 1 fully saturated rings. The minimum absolute atomic E-state index is 0.288. The van der Waals surface area contributed by atoms with E-state index < -0.39 is 0 Å². The van der Waals surface area contributed by atoms with Gasteiger partial charge in [0.1, 0.15) is 0 Å². The highest BCUT2D eigenvalue weighted by molar-refractivity contribution is 5.34. The molecule has 0 aromatic heterocycles. The Kier molecular flexibility index (Phi) is 5.58. The van der Waals surface area contributed by atoms with Crippen molar-refractivity contribution in [2.45, 2.75) is 45.2 Å². The molecule has 0 amide bonds. The average Bonchev–Trinajstić information content (AvgIpc) is 2.53. The van der Waals surface area contributed by atoms with Gasteiger partial charge >= 0.3 is 0 Å². The number of rotatable bonds is 5. The van der Waals surface area contributed by atoms with Gasteiger partial charge in [-0.15, -0.1) is 0 Å². The summed E-state index contributed by atoms with van der Waals surface area (Å²) in [6, 6.07) is 10.9. The van der Waals surface area contributed by atoms with E-state index in [2.05, 4.69) is 36.2 Å². The van der Waals surface area contributed by atoms with Crippen molar-refractivity contribution in [2.75, 3.05) is 19.6 Å². The minimum atomic E-state index is 0.288. The SMILES string of the molecule is CC(NCC(C)N1CCCCC1)c1cccc(C#N)c1. The summed E-state index contributed by atoms with van der Waals surface area (Å²) in [6.07, 6.45) is 4.06. The Hall–Kier alpha value is -1.37. The van der Waals surface area contributed by atoms with E-state index in [1.54, 1.807) is 0 Å². The molecule has 1 N–H and O–H groups in total. The molecule has 1 aromatic carbocycles. The molecular weight excluding hydrogens is 246 g/mol. The fourth-order valence-electron chi connectivity index (χ4n) is 2.83. The summed E-state index contributed by atoms with van der Waals surface area (Å²) < 4.78 is 0. The highest BCUT2D eigenvalue weighted by Crippen LogP contribution is 2.15. The van der Waals surface area contributed by atoms with Gasteiger partial charge in [0, 0.05) is 18.6 Å². The van der Waals surface area contributed by atoms with Gasteiger partial charge in [0.15, 0.2) is 0 Å². The first kappa shape index (κ1) is 15.0. The summed E-state index contributed by atoms with van der Waals surface area (Å²) in [4.78, 5) is 2.58.